The number of benzene rings is 2. The molecular weight excluding hydrogens is 378 g/mol. The molecule has 0 bridgehead atoms. The van der Waals surface area contributed by atoms with E-state index >= 15 is 0 Å². The molecule has 2 aromatic carbocycles. The first-order chi connectivity index (χ1) is 12.2. The van der Waals surface area contributed by atoms with Crippen molar-refractivity contribution in [1.29, 1.82) is 0 Å². The number of esters is 1. The van der Waals surface area contributed by atoms with Crippen molar-refractivity contribution in [2.75, 3.05) is 13.1 Å². The van der Waals surface area contributed by atoms with Crippen LogP contribution in [0.2, 0.25) is 0 Å². The van der Waals surface area contributed by atoms with Crippen LogP contribution in [0.15, 0.2) is 65.1 Å². The summed E-state index contributed by atoms with van der Waals surface area (Å²) < 4.78 is 6.72. The Labute approximate surface area is 157 Å². The maximum atomic E-state index is 12.1. The van der Waals surface area contributed by atoms with Gasteiger partial charge in [-0.05, 0) is 48.7 Å². The van der Waals surface area contributed by atoms with E-state index in [1.165, 1.54) is 11.6 Å². The number of halogens is 1. The van der Waals surface area contributed by atoms with E-state index in [-0.39, 0.29) is 12.1 Å². The predicted octanol–water partition coefficient (Wildman–Crippen LogP) is 4.67. The van der Waals surface area contributed by atoms with Crippen molar-refractivity contribution in [3.63, 3.8) is 0 Å². The fraction of sp³-hybridized carbons (Fsp3) is 0.286. The Morgan fingerprint density at radius 2 is 2.04 bits per heavy atom. The summed E-state index contributed by atoms with van der Waals surface area (Å²) in [5, 5.41) is 0. The van der Waals surface area contributed by atoms with E-state index < -0.39 is 0 Å². The van der Waals surface area contributed by atoms with Crippen LogP contribution in [0.25, 0.3) is 6.08 Å². The molecule has 0 aliphatic carbocycles. The maximum Gasteiger partial charge on any atom is 0.331 e. The van der Waals surface area contributed by atoms with Gasteiger partial charge >= 0.3 is 5.97 Å². The third-order valence-electron chi connectivity index (χ3n) is 4.25. The average molecular weight is 400 g/mol. The lowest BCUT2D eigenvalue weighted by Crippen LogP contribution is -2.39. The molecule has 4 heteroatoms. The van der Waals surface area contributed by atoms with Gasteiger partial charge in [0.25, 0.3) is 0 Å². The molecule has 0 aromatic heterocycles. The van der Waals surface area contributed by atoms with Crippen LogP contribution in [0.4, 0.5) is 0 Å². The Morgan fingerprint density at radius 3 is 2.84 bits per heavy atom. The van der Waals surface area contributed by atoms with Crippen LogP contribution in [-0.4, -0.2) is 30.1 Å². The zero-order valence-electron chi connectivity index (χ0n) is 14.1. The highest BCUT2D eigenvalue weighted by Gasteiger charge is 2.22. The molecule has 3 rings (SSSR count). The van der Waals surface area contributed by atoms with Crippen LogP contribution in [0.5, 0.6) is 0 Å². The standard InChI is InChI=1S/C21H22BrNO2/c22-19-9-4-8-18(14-19)15-23-13-5-10-20(16-23)25-21(24)12-11-17-6-2-1-3-7-17/h1-4,6-9,11-12,14,20H,5,10,13,15-16H2/b12-11+/t20-/m0/s1. The van der Waals surface area contributed by atoms with Gasteiger partial charge in [0, 0.05) is 23.6 Å². The SMILES string of the molecule is O=C(/C=C/c1ccccc1)O[C@H]1CCCN(Cc2cccc(Br)c2)C1. The van der Waals surface area contributed by atoms with Gasteiger partial charge in [0.1, 0.15) is 6.10 Å². The number of carbonyl (C=O) groups excluding carboxylic acids is 1. The smallest absolute Gasteiger partial charge is 0.331 e. The molecule has 0 amide bonds. The second kappa shape index (κ2) is 8.97. The molecule has 0 N–H and O–H groups in total. The normalized spacial score (nSPS) is 18.4. The molecule has 2 aromatic rings. The maximum absolute atomic E-state index is 12.1. The first-order valence-electron chi connectivity index (χ1n) is 8.59. The number of ether oxygens (including phenoxy) is 1. The van der Waals surface area contributed by atoms with E-state index in [4.69, 9.17) is 4.74 Å². The van der Waals surface area contributed by atoms with Crippen LogP contribution in [0.3, 0.4) is 0 Å². The lowest BCUT2D eigenvalue weighted by atomic mass is 10.1. The van der Waals surface area contributed by atoms with Crippen LogP contribution >= 0.6 is 15.9 Å². The molecule has 1 fully saturated rings. The van der Waals surface area contributed by atoms with Crippen LogP contribution in [0, 0.1) is 0 Å². The number of nitrogens with zero attached hydrogens (tertiary/aromatic N) is 1. The minimum atomic E-state index is -0.266. The molecule has 0 radical (unpaired) electrons. The number of likely N-dealkylation sites (tertiary alicyclic amines) is 1. The Balaban J connectivity index is 1.51. The summed E-state index contributed by atoms with van der Waals surface area (Å²) in [5.41, 5.74) is 2.27. The fourth-order valence-electron chi connectivity index (χ4n) is 3.08. The summed E-state index contributed by atoms with van der Waals surface area (Å²) in [7, 11) is 0. The van der Waals surface area contributed by atoms with Crippen molar-refractivity contribution in [2.24, 2.45) is 0 Å². The summed E-state index contributed by atoms with van der Waals surface area (Å²) in [5.74, 6) is -0.266. The van der Waals surface area contributed by atoms with Crippen molar-refractivity contribution < 1.29 is 9.53 Å². The number of hydrogen-bond donors (Lipinski definition) is 0. The highest BCUT2D eigenvalue weighted by molar-refractivity contribution is 9.10. The largest absolute Gasteiger partial charge is 0.458 e. The van der Waals surface area contributed by atoms with Crippen LogP contribution in [0.1, 0.15) is 24.0 Å². The topological polar surface area (TPSA) is 29.5 Å². The zero-order valence-corrected chi connectivity index (χ0v) is 15.7. The van der Waals surface area contributed by atoms with Gasteiger partial charge in [0.05, 0.1) is 0 Å². The van der Waals surface area contributed by atoms with Gasteiger partial charge in [-0.1, -0.05) is 58.4 Å². The van der Waals surface area contributed by atoms with E-state index in [1.807, 2.05) is 36.4 Å². The Bertz CT molecular complexity index is 730. The molecule has 1 atom stereocenters. The number of hydrogen-bond acceptors (Lipinski definition) is 3. The van der Waals surface area contributed by atoms with E-state index in [0.717, 1.165) is 42.5 Å². The van der Waals surface area contributed by atoms with Gasteiger partial charge in [0.15, 0.2) is 0 Å². The highest BCUT2D eigenvalue weighted by Crippen LogP contribution is 2.18. The average Bonchev–Trinajstić information content (AvgIpc) is 2.61. The molecule has 0 unspecified atom stereocenters. The Hall–Kier alpha value is -1.91. The Kier molecular flexibility index (Phi) is 6.42. The van der Waals surface area contributed by atoms with Crippen molar-refractivity contribution >= 4 is 28.0 Å². The minimum Gasteiger partial charge on any atom is -0.458 e. The summed E-state index contributed by atoms with van der Waals surface area (Å²) in [4.78, 5) is 14.4. The van der Waals surface area contributed by atoms with E-state index in [2.05, 4.69) is 39.0 Å². The van der Waals surface area contributed by atoms with E-state index in [1.54, 1.807) is 6.08 Å². The summed E-state index contributed by atoms with van der Waals surface area (Å²) in [6.45, 7) is 2.71. The third-order valence-corrected chi connectivity index (χ3v) is 4.74. The monoisotopic (exact) mass is 399 g/mol. The van der Waals surface area contributed by atoms with Crippen molar-refractivity contribution in [3.05, 3.63) is 76.3 Å². The minimum absolute atomic E-state index is 0.0335. The predicted molar refractivity (Wildman–Crippen MR) is 104 cm³/mol. The third kappa shape index (κ3) is 5.83. The van der Waals surface area contributed by atoms with Crippen molar-refractivity contribution in [3.8, 4) is 0 Å². The number of carbonyl (C=O) groups is 1. The molecule has 130 valence electrons. The number of rotatable bonds is 5. The molecule has 3 nitrogen and oxygen atoms in total. The van der Waals surface area contributed by atoms with Gasteiger partial charge in [-0.15, -0.1) is 0 Å². The quantitative estimate of drug-likeness (QED) is 0.540. The number of piperidine rings is 1. The molecule has 1 heterocycles. The lowest BCUT2D eigenvalue weighted by molar-refractivity contribution is -0.145. The molecule has 1 saturated heterocycles. The summed E-state index contributed by atoms with van der Waals surface area (Å²) >= 11 is 3.51. The summed E-state index contributed by atoms with van der Waals surface area (Å²) in [6, 6.07) is 18.1. The second-order valence-corrected chi connectivity index (χ2v) is 7.23. The molecule has 1 aliphatic heterocycles. The van der Waals surface area contributed by atoms with Crippen LogP contribution < -0.4 is 0 Å². The summed E-state index contributed by atoms with van der Waals surface area (Å²) in [6.07, 6.45) is 5.26. The van der Waals surface area contributed by atoms with Gasteiger partial charge in [-0.2, -0.15) is 0 Å². The van der Waals surface area contributed by atoms with E-state index in [9.17, 15) is 4.79 Å². The molecule has 0 spiro atoms. The first-order valence-corrected chi connectivity index (χ1v) is 9.39. The van der Waals surface area contributed by atoms with Crippen LogP contribution in [-0.2, 0) is 16.1 Å². The lowest BCUT2D eigenvalue weighted by Gasteiger charge is -2.32. The second-order valence-electron chi connectivity index (χ2n) is 6.31. The van der Waals surface area contributed by atoms with Gasteiger partial charge < -0.3 is 4.74 Å². The highest BCUT2D eigenvalue weighted by atomic mass is 79.9. The molecule has 0 saturated carbocycles. The van der Waals surface area contributed by atoms with Gasteiger partial charge in [0.2, 0.25) is 0 Å². The van der Waals surface area contributed by atoms with Gasteiger partial charge in [-0.25, -0.2) is 4.79 Å². The van der Waals surface area contributed by atoms with Crippen molar-refractivity contribution in [1.82, 2.24) is 4.90 Å². The fourth-order valence-corrected chi connectivity index (χ4v) is 3.53. The van der Waals surface area contributed by atoms with Gasteiger partial charge in [-0.3, -0.25) is 4.90 Å². The van der Waals surface area contributed by atoms with E-state index in [0.29, 0.717) is 0 Å². The molecule has 25 heavy (non-hydrogen) atoms. The first kappa shape index (κ1) is 17.9. The molecular formula is C21H22BrNO2. The zero-order chi connectivity index (χ0) is 17.5. The Morgan fingerprint density at radius 1 is 1.20 bits per heavy atom. The molecule has 1 aliphatic rings. The van der Waals surface area contributed by atoms with Crippen molar-refractivity contribution in [2.45, 2.75) is 25.5 Å².